The van der Waals surface area contributed by atoms with Gasteiger partial charge in [0.1, 0.15) is 5.69 Å². The average Bonchev–Trinajstić information content (AvgIpc) is 3.37. The number of aromatic amines is 1. The van der Waals surface area contributed by atoms with Crippen molar-refractivity contribution in [2.45, 2.75) is 13.3 Å². The maximum atomic E-state index is 12.9. The molecule has 4 rings (SSSR count). The molecule has 3 heterocycles. The van der Waals surface area contributed by atoms with E-state index in [4.69, 9.17) is 4.74 Å². The standard InChI is InChI=1S/C23H27N5O3/c1-16-18(14-20(26-16)17-6-4-3-5-7-17)8-9-24-22(29)21-19(15-25-27(21)2)23(30)28-10-12-31-13-11-28/h3-7,14-15,26H,8-13H2,1-2H3,(H,24,29). The molecule has 8 heteroatoms. The van der Waals surface area contributed by atoms with Crippen molar-refractivity contribution >= 4 is 11.8 Å². The Morgan fingerprint density at radius 2 is 1.94 bits per heavy atom. The van der Waals surface area contributed by atoms with Crippen molar-refractivity contribution in [2.75, 3.05) is 32.8 Å². The zero-order valence-corrected chi connectivity index (χ0v) is 17.9. The van der Waals surface area contributed by atoms with Gasteiger partial charge in [0.15, 0.2) is 0 Å². The molecular weight excluding hydrogens is 394 g/mol. The van der Waals surface area contributed by atoms with E-state index < -0.39 is 0 Å². The fraction of sp³-hybridized carbons (Fsp3) is 0.348. The van der Waals surface area contributed by atoms with Gasteiger partial charge in [-0.1, -0.05) is 30.3 Å². The lowest BCUT2D eigenvalue weighted by Crippen LogP contribution is -2.41. The molecule has 2 aromatic heterocycles. The fourth-order valence-electron chi connectivity index (χ4n) is 3.83. The molecule has 3 aromatic rings. The van der Waals surface area contributed by atoms with Crippen LogP contribution in [0.5, 0.6) is 0 Å². The van der Waals surface area contributed by atoms with Crippen LogP contribution in [0.3, 0.4) is 0 Å². The summed E-state index contributed by atoms with van der Waals surface area (Å²) in [7, 11) is 1.67. The van der Waals surface area contributed by atoms with Crippen molar-refractivity contribution in [2.24, 2.45) is 7.05 Å². The van der Waals surface area contributed by atoms with Gasteiger partial charge in [0.05, 0.1) is 25.0 Å². The summed E-state index contributed by atoms with van der Waals surface area (Å²) in [5.74, 6) is -0.483. The number of rotatable bonds is 6. The van der Waals surface area contributed by atoms with Crippen molar-refractivity contribution in [3.8, 4) is 11.3 Å². The molecular formula is C23H27N5O3. The van der Waals surface area contributed by atoms with Crippen LogP contribution in [0.1, 0.15) is 32.1 Å². The van der Waals surface area contributed by atoms with Crippen LogP contribution in [0.15, 0.2) is 42.6 Å². The summed E-state index contributed by atoms with van der Waals surface area (Å²) >= 11 is 0. The highest BCUT2D eigenvalue weighted by atomic mass is 16.5. The number of aryl methyl sites for hydroxylation is 2. The van der Waals surface area contributed by atoms with Gasteiger partial charge in [0.2, 0.25) is 0 Å². The Balaban J connectivity index is 1.40. The Hall–Kier alpha value is -3.39. The molecule has 0 spiro atoms. The maximum Gasteiger partial charge on any atom is 0.270 e. The topological polar surface area (TPSA) is 92.2 Å². The van der Waals surface area contributed by atoms with Gasteiger partial charge in [-0.25, -0.2) is 0 Å². The Bertz CT molecular complexity index is 1060. The SMILES string of the molecule is Cc1[nH]c(-c2ccccc2)cc1CCNC(=O)c1c(C(=O)N2CCOCC2)cnn1C. The minimum atomic E-state index is -0.298. The number of morpholine rings is 1. The summed E-state index contributed by atoms with van der Waals surface area (Å²) in [5, 5.41) is 7.08. The molecule has 8 nitrogen and oxygen atoms in total. The Labute approximate surface area is 181 Å². The van der Waals surface area contributed by atoms with Gasteiger partial charge in [0.25, 0.3) is 11.8 Å². The van der Waals surface area contributed by atoms with E-state index in [0.29, 0.717) is 44.8 Å². The zero-order valence-electron chi connectivity index (χ0n) is 17.9. The van der Waals surface area contributed by atoms with E-state index in [1.807, 2.05) is 25.1 Å². The third-order valence-electron chi connectivity index (χ3n) is 5.57. The van der Waals surface area contributed by atoms with E-state index in [1.165, 1.54) is 10.9 Å². The predicted octanol–water partition coefficient (Wildman–Crippen LogP) is 2.17. The first-order valence-corrected chi connectivity index (χ1v) is 10.5. The largest absolute Gasteiger partial charge is 0.378 e. The predicted molar refractivity (Wildman–Crippen MR) is 117 cm³/mol. The number of ether oxygens (including phenoxy) is 1. The van der Waals surface area contributed by atoms with Crippen molar-refractivity contribution in [3.63, 3.8) is 0 Å². The molecule has 1 fully saturated rings. The molecule has 0 radical (unpaired) electrons. The third-order valence-corrected chi connectivity index (χ3v) is 5.57. The number of benzene rings is 1. The summed E-state index contributed by atoms with van der Waals surface area (Å²) in [6, 6.07) is 12.3. The van der Waals surface area contributed by atoms with Gasteiger partial charge in [-0.3, -0.25) is 14.3 Å². The fourth-order valence-corrected chi connectivity index (χ4v) is 3.83. The molecule has 0 saturated carbocycles. The highest BCUT2D eigenvalue weighted by molar-refractivity contribution is 6.06. The quantitative estimate of drug-likeness (QED) is 0.638. The normalized spacial score (nSPS) is 13.9. The molecule has 2 amide bonds. The van der Waals surface area contributed by atoms with Crippen LogP contribution in [0.4, 0.5) is 0 Å². The minimum absolute atomic E-state index is 0.185. The molecule has 1 aromatic carbocycles. The van der Waals surface area contributed by atoms with Gasteiger partial charge < -0.3 is 19.9 Å². The van der Waals surface area contributed by atoms with E-state index >= 15 is 0 Å². The lowest BCUT2D eigenvalue weighted by molar-refractivity contribution is 0.0301. The molecule has 31 heavy (non-hydrogen) atoms. The molecule has 2 N–H and O–H groups in total. The number of nitrogens with one attached hydrogen (secondary N) is 2. The van der Waals surface area contributed by atoms with Crippen molar-refractivity contribution in [1.82, 2.24) is 25.0 Å². The molecule has 0 unspecified atom stereocenters. The number of aromatic nitrogens is 3. The van der Waals surface area contributed by atoms with Crippen LogP contribution in [0, 0.1) is 6.92 Å². The van der Waals surface area contributed by atoms with Crippen molar-refractivity contribution < 1.29 is 14.3 Å². The van der Waals surface area contributed by atoms with Gasteiger partial charge >= 0.3 is 0 Å². The second-order valence-corrected chi connectivity index (χ2v) is 7.64. The lowest BCUT2D eigenvalue weighted by Gasteiger charge is -2.26. The van der Waals surface area contributed by atoms with Crippen LogP contribution < -0.4 is 5.32 Å². The van der Waals surface area contributed by atoms with Gasteiger partial charge in [0, 0.05) is 38.1 Å². The molecule has 0 aliphatic carbocycles. The highest BCUT2D eigenvalue weighted by Crippen LogP contribution is 2.21. The zero-order chi connectivity index (χ0) is 21.8. The smallest absolute Gasteiger partial charge is 0.270 e. The Morgan fingerprint density at radius 1 is 1.19 bits per heavy atom. The summed E-state index contributed by atoms with van der Waals surface area (Å²) in [6.45, 7) is 4.55. The Morgan fingerprint density at radius 3 is 2.68 bits per heavy atom. The third kappa shape index (κ3) is 4.54. The van der Waals surface area contributed by atoms with Crippen molar-refractivity contribution in [3.05, 3.63) is 65.1 Å². The highest BCUT2D eigenvalue weighted by Gasteiger charge is 2.26. The molecule has 1 saturated heterocycles. The number of carbonyl (C=O) groups excluding carboxylic acids is 2. The number of H-pyrrole nitrogens is 1. The van der Waals surface area contributed by atoms with Crippen LogP contribution in [-0.2, 0) is 18.2 Å². The van der Waals surface area contributed by atoms with Crippen molar-refractivity contribution in [1.29, 1.82) is 0 Å². The first kappa shape index (κ1) is 20.9. The van der Waals surface area contributed by atoms with Crippen LogP contribution in [0.25, 0.3) is 11.3 Å². The Kier molecular flexibility index (Phi) is 6.18. The molecule has 0 atom stereocenters. The first-order chi connectivity index (χ1) is 15.0. The number of hydrogen-bond acceptors (Lipinski definition) is 4. The number of amides is 2. The van der Waals surface area contributed by atoms with Crippen LogP contribution in [-0.4, -0.2) is 64.3 Å². The number of hydrogen-bond donors (Lipinski definition) is 2. The number of carbonyl (C=O) groups is 2. The monoisotopic (exact) mass is 421 g/mol. The second kappa shape index (κ2) is 9.18. The summed E-state index contributed by atoms with van der Waals surface area (Å²) in [4.78, 5) is 30.8. The van der Waals surface area contributed by atoms with E-state index in [2.05, 4.69) is 33.6 Å². The van der Waals surface area contributed by atoms with E-state index in [9.17, 15) is 9.59 Å². The summed E-state index contributed by atoms with van der Waals surface area (Å²) in [5.41, 5.74) is 5.02. The van der Waals surface area contributed by atoms with E-state index in [-0.39, 0.29) is 17.5 Å². The lowest BCUT2D eigenvalue weighted by atomic mass is 10.1. The van der Waals surface area contributed by atoms with E-state index in [0.717, 1.165) is 22.5 Å². The minimum Gasteiger partial charge on any atom is -0.378 e. The summed E-state index contributed by atoms with van der Waals surface area (Å²) in [6.07, 6.45) is 2.15. The van der Waals surface area contributed by atoms with E-state index in [1.54, 1.807) is 11.9 Å². The second-order valence-electron chi connectivity index (χ2n) is 7.64. The van der Waals surface area contributed by atoms with Crippen LogP contribution >= 0.6 is 0 Å². The molecule has 0 bridgehead atoms. The maximum absolute atomic E-state index is 12.9. The molecule has 1 aliphatic heterocycles. The van der Waals surface area contributed by atoms with Gasteiger partial charge in [-0.2, -0.15) is 5.10 Å². The van der Waals surface area contributed by atoms with Gasteiger partial charge in [-0.15, -0.1) is 0 Å². The molecule has 1 aliphatic rings. The summed E-state index contributed by atoms with van der Waals surface area (Å²) < 4.78 is 6.76. The number of nitrogens with zero attached hydrogens (tertiary/aromatic N) is 3. The van der Waals surface area contributed by atoms with Gasteiger partial charge in [-0.05, 0) is 30.5 Å². The van der Waals surface area contributed by atoms with Crippen LogP contribution in [0.2, 0.25) is 0 Å². The average molecular weight is 422 g/mol. The molecule has 162 valence electrons. The first-order valence-electron chi connectivity index (χ1n) is 10.5.